The molecule has 1 fully saturated rings. The molecular weight excluding hydrogens is 466 g/mol. The number of fused-ring (bicyclic) bond motifs is 2. The maximum absolute atomic E-state index is 13.4. The van der Waals surface area contributed by atoms with E-state index in [0.29, 0.717) is 36.8 Å². The van der Waals surface area contributed by atoms with Crippen molar-refractivity contribution in [2.45, 2.75) is 64.3 Å². The molecule has 2 aromatic rings. The molecular formula is C21H26N5O5S2-. The molecule has 2 heterocycles. The van der Waals surface area contributed by atoms with Gasteiger partial charge in [0.2, 0.25) is 5.13 Å². The molecule has 1 aliphatic heterocycles. The summed E-state index contributed by atoms with van der Waals surface area (Å²) in [6.45, 7) is 2.43. The van der Waals surface area contributed by atoms with E-state index in [1.165, 1.54) is 11.1 Å². The van der Waals surface area contributed by atoms with Gasteiger partial charge in [0, 0.05) is 18.9 Å². The Morgan fingerprint density at radius 2 is 1.76 bits per heavy atom. The molecule has 178 valence electrons. The number of benzene rings is 1. The van der Waals surface area contributed by atoms with Crippen molar-refractivity contribution in [1.29, 1.82) is 0 Å². The Bertz CT molecular complexity index is 1140. The average molecular weight is 493 g/mol. The van der Waals surface area contributed by atoms with Gasteiger partial charge in [-0.1, -0.05) is 17.4 Å². The molecule has 33 heavy (non-hydrogen) atoms. The fraction of sp³-hybridized carbons (Fsp3) is 0.571. The van der Waals surface area contributed by atoms with Crippen LogP contribution >= 0.6 is 11.3 Å². The SMILES string of the molecule is Cc1nnc(N(C2CCOCC2)S(=O)(=O)N([O-])C(=O)Nc2c3c(cc4c2CCC4)CCC3)s1. The summed E-state index contributed by atoms with van der Waals surface area (Å²) in [5.74, 6) is 0. The highest BCUT2D eigenvalue weighted by Crippen LogP contribution is 2.39. The van der Waals surface area contributed by atoms with E-state index in [2.05, 4.69) is 21.6 Å². The zero-order valence-corrected chi connectivity index (χ0v) is 20.0. The highest BCUT2D eigenvalue weighted by Gasteiger charge is 2.37. The number of amides is 2. The molecule has 0 spiro atoms. The van der Waals surface area contributed by atoms with E-state index in [1.54, 1.807) is 6.92 Å². The monoisotopic (exact) mass is 492 g/mol. The molecule has 0 bridgehead atoms. The molecule has 0 saturated carbocycles. The molecule has 1 aromatic carbocycles. The van der Waals surface area contributed by atoms with Crippen LogP contribution in [0.3, 0.4) is 0 Å². The van der Waals surface area contributed by atoms with Crippen molar-refractivity contribution in [3.8, 4) is 0 Å². The first-order chi connectivity index (χ1) is 15.9. The van der Waals surface area contributed by atoms with Crippen LogP contribution in [0, 0.1) is 12.1 Å². The minimum absolute atomic E-state index is 0.0783. The Morgan fingerprint density at radius 3 is 2.33 bits per heavy atom. The van der Waals surface area contributed by atoms with Crippen LogP contribution in [0.4, 0.5) is 15.6 Å². The van der Waals surface area contributed by atoms with Gasteiger partial charge in [0.25, 0.3) is 0 Å². The minimum atomic E-state index is -4.74. The van der Waals surface area contributed by atoms with E-state index < -0.39 is 26.8 Å². The van der Waals surface area contributed by atoms with E-state index in [9.17, 15) is 18.4 Å². The summed E-state index contributed by atoms with van der Waals surface area (Å²) in [6, 6.07) is 0.463. The van der Waals surface area contributed by atoms with Crippen LogP contribution in [0.1, 0.15) is 52.9 Å². The van der Waals surface area contributed by atoms with Crippen LogP contribution in [-0.4, -0.2) is 48.4 Å². The van der Waals surface area contributed by atoms with Gasteiger partial charge in [-0.25, -0.2) is 9.10 Å². The van der Waals surface area contributed by atoms with E-state index in [4.69, 9.17) is 4.74 Å². The van der Waals surface area contributed by atoms with Gasteiger partial charge in [-0.3, -0.25) is 4.47 Å². The minimum Gasteiger partial charge on any atom is -0.740 e. The topological polar surface area (TPSA) is 128 Å². The lowest BCUT2D eigenvalue weighted by Gasteiger charge is -2.38. The molecule has 5 rings (SSSR count). The molecule has 0 atom stereocenters. The Kier molecular flexibility index (Phi) is 6.02. The number of hydrogen-bond donors (Lipinski definition) is 1. The molecule has 2 aliphatic carbocycles. The lowest BCUT2D eigenvalue weighted by atomic mass is 9.99. The summed E-state index contributed by atoms with van der Waals surface area (Å²) >= 11 is 1.07. The quantitative estimate of drug-likeness (QED) is 0.635. The zero-order valence-electron chi connectivity index (χ0n) is 18.4. The first kappa shape index (κ1) is 22.5. The Balaban J connectivity index is 1.45. The van der Waals surface area contributed by atoms with Crippen LogP contribution in [0.2, 0.25) is 0 Å². The van der Waals surface area contributed by atoms with Gasteiger partial charge in [-0.05, 0) is 80.5 Å². The second-order valence-electron chi connectivity index (χ2n) is 8.64. The highest BCUT2D eigenvalue weighted by molar-refractivity contribution is 7.91. The fourth-order valence-corrected chi connectivity index (χ4v) is 7.34. The molecule has 0 unspecified atom stereocenters. The van der Waals surface area contributed by atoms with Crippen molar-refractivity contribution in [2.75, 3.05) is 22.8 Å². The van der Waals surface area contributed by atoms with E-state index in [-0.39, 0.29) is 5.13 Å². The Morgan fingerprint density at radius 1 is 1.12 bits per heavy atom. The normalized spacial score (nSPS) is 18.1. The van der Waals surface area contributed by atoms with Crippen LogP contribution in [0.25, 0.3) is 0 Å². The van der Waals surface area contributed by atoms with Crippen molar-refractivity contribution in [1.82, 2.24) is 14.7 Å². The number of hydroxylamine groups is 1. The third kappa shape index (κ3) is 4.09. The Labute approximate surface area is 196 Å². The first-order valence-electron chi connectivity index (χ1n) is 11.2. The van der Waals surface area contributed by atoms with Gasteiger partial charge in [-0.15, -0.1) is 10.2 Å². The third-order valence-corrected chi connectivity index (χ3v) is 9.06. The number of carbonyl (C=O) groups excluding carboxylic acids is 1. The van der Waals surface area contributed by atoms with E-state index in [1.807, 2.05) is 0 Å². The molecule has 10 nitrogen and oxygen atoms in total. The number of aromatic nitrogens is 2. The van der Waals surface area contributed by atoms with Gasteiger partial charge in [-0.2, -0.15) is 8.42 Å². The molecule has 1 N–H and O–H groups in total. The predicted octanol–water partition coefficient (Wildman–Crippen LogP) is 3.09. The molecule has 0 radical (unpaired) electrons. The standard InChI is InChI=1S/C21H26N5O5S2/c1-13-23-24-21(32-13)25(16-8-10-31-11-9-16)33(29,30)26(28)20(27)22-19-17-6-2-4-14(17)12-15-5-3-7-18(15)19/h12,16H,2-11H2,1H3,(H,22,27)/q-1. The van der Waals surface area contributed by atoms with Gasteiger partial charge in [0.15, 0.2) is 0 Å². The second-order valence-corrected chi connectivity index (χ2v) is 11.4. The summed E-state index contributed by atoms with van der Waals surface area (Å²) in [5, 5.41) is 24.2. The molecule has 3 aliphatic rings. The third-order valence-electron chi connectivity index (χ3n) is 6.56. The molecule has 2 amide bonds. The summed E-state index contributed by atoms with van der Waals surface area (Å²) in [7, 11) is -4.74. The van der Waals surface area contributed by atoms with Gasteiger partial charge < -0.3 is 15.3 Å². The zero-order chi connectivity index (χ0) is 23.2. The van der Waals surface area contributed by atoms with Crippen LogP contribution in [0.5, 0.6) is 0 Å². The van der Waals surface area contributed by atoms with E-state index in [0.717, 1.165) is 65.3 Å². The number of anilines is 2. The lowest BCUT2D eigenvalue weighted by molar-refractivity contribution is 0.0874. The number of ether oxygens (including phenoxy) is 1. The average Bonchev–Trinajstić information content (AvgIpc) is 3.55. The summed E-state index contributed by atoms with van der Waals surface area (Å²) in [4.78, 5) is 13.0. The van der Waals surface area contributed by atoms with Crippen molar-refractivity contribution in [3.05, 3.63) is 38.5 Å². The summed E-state index contributed by atoms with van der Waals surface area (Å²) < 4.78 is 32.7. The lowest BCUT2D eigenvalue weighted by Crippen LogP contribution is -2.51. The van der Waals surface area contributed by atoms with Gasteiger partial charge in [0.05, 0.1) is 6.04 Å². The number of rotatable bonds is 5. The second kappa shape index (κ2) is 8.82. The number of aryl methyl sites for hydroxylation is 3. The van der Waals surface area contributed by atoms with Crippen LogP contribution in [0.15, 0.2) is 6.07 Å². The predicted molar refractivity (Wildman–Crippen MR) is 125 cm³/mol. The highest BCUT2D eigenvalue weighted by atomic mass is 32.2. The van der Waals surface area contributed by atoms with Crippen molar-refractivity contribution in [2.24, 2.45) is 0 Å². The number of nitrogens with one attached hydrogen (secondary N) is 1. The number of nitrogens with zero attached hydrogens (tertiary/aromatic N) is 4. The van der Waals surface area contributed by atoms with E-state index >= 15 is 0 Å². The van der Waals surface area contributed by atoms with Crippen LogP contribution < -0.4 is 9.62 Å². The summed E-state index contributed by atoms with van der Waals surface area (Å²) in [6.07, 6.45) is 6.23. The Hall–Kier alpha value is -2.28. The van der Waals surface area contributed by atoms with Crippen molar-refractivity contribution < 1.29 is 17.9 Å². The van der Waals surface area contributed by atoms with Crippen LogP contribution in [-0.2, 0) is 40.6 Å². The smallest absolute Gasteiger partial charge is 0.326 e. The fourth-order valence-electron chi connectivity index (χ4n) is 5.04. The largest absolute Gasteiger partial charge is 0.740 e. The maximum Gasteiger partial charge on any atom is 0.326 e. The molecule has 12 heteroatoms. The van der Waals surface area contributed by atoms with Crippen molar-refractivity contribution >= 4 is 38.4 Å². The number of carbonyl (C=O) groups is 1. The molecule has 1 saturated heterocycles. The molecule has 1 aromatic heterocycles. The number of urea groups is 1. The van der Waals surface area contributed by atoms with Gasteiger partial charge in [0.1, 0.15) is 5.01 Å². The first-order valence-corrected chi connectivity index (χ1v) is 13.4. The maximum atomic E-state index is 13.4. The number of hydrogen-bond acceptors (Lipinski definition) is 8. The van der Waals surface area contributed by atoms with Gasteiger partial charge >= 0.3 is 16.2 Å². The van der Waals surface area contributed by atoms with Crippen molar-refractivity contribution in [3.63, 3.8) is 0 Å². The summed E-state index contributed by atoms with van der Waals surface area (Å²) in [5.41, 5.74) is 5.04.